The summed E-state index contributed by atoms with van der Waals surface area (Å²) < 4.78 is 12.0. The van der Waals surface area contributed by atoms with Crippen LogP contribution in [0.3, 0.4) is 0 Å². The average molecular weight is 632 g/mol. The maximum atomic E-state index is 13.2. The van der Waals surface area contributed by atoms with Crippen molar-refractivity contribution in [3.63, 3.8) is 0 Å². The molecule has 0 saturated carbocycles. The van der Waals surface area contributed by atoms with E-state index >= 15 is 0 Å². The molecule has 0 aliphatic carbocycles. The van der Waals surface area contributed by atoms with Gasteiger partial charge in [0.05, 0.1) is 30.8 Å². The molecule has 0 bridgehead atoms. The second-order valence-electron chi connectivity index (χ2n) is 12.7. The standard InChI is InChI=1S/C37H41N7O3/c1-41-19-8-13-30(41)26-46-36-39-33-24-42(34-15-7-12-28-11-5-6-14-31(28)34)20-17-32(33)35(40-36)43-21-22-44(29(23-43)16-18-38)37(45)47-25-27-9-3-2-4-10-27/h2-7,9-12,14-15,29-30H,8,13,16-17,19-26H2,1H3. The summed E-state index contributed by atoms with van der Waals surface area (Å²) in [7, 11) is 2.14. The molecule has 2 saturated heterocycles. The van der Waals surface area contributed by atoms with Crippen LogP contribution in [0, 0.1) is 11.3 Å². The van der Waals surface area contributed by atoms with E-state index in [1.165, 1.54) is 22.9 Å². The number of likely N-dealkylation sites (tertiary alicyclic amines) is 1. The monoisotopic (exact) mass is 631 g/mol. The summed E-state index contributed by atoms with van der Waals surface area (Å²) in [5.74, 6) is 0.850. The fourth-order valence-corrected chi connectivity index (χ4v) is 7.14. The van der Waals surface area contributed by atoms with E-state index in [-0.39, 0.29) is 19.1 Å². The van der Waals surface area contributed by atoms with Crippen molar-refractivity contribution in [2.45, 2.75) is 50.9 Å². The minimum Gasteiger partial charge on any atom is -0.462 e. The van der Waals surface area contributed by atoms with Crippen LogP contribution in [0.4, 0.5) is 16.3 Å². The zero-order chi connectivity index (χ0) is 32.2. The molecule has 10 nitrogen and oxygen atoms in total. The number of hydrogen-bond acceptors (Lipinski definition) is 9. The summed E-state index contributed by atoms with van der Waals surface area (Å²) in [6, 6.07) is 27.3. The summed E-state index contributed by atoms with van der Waals surface area (Å²) >= 11 is 0. The smallest absolute Gasteiger partial charge is 0.410 e. The lowest BCUT2D eigenvalue weighted by molar-refractivity contribution is 0.0767. The second-order valence-corrected chi connectivity index (χ2v) is 12.7. The minimum atomic E-state index is -0.395. The number of rotatable bonds is 8. The highest BCUT2D eigenvalue weighted by molar-refractivity contribution is 5.94. The lowest BCUT2D eigenvalue weighted by Gasteiger charge is -2.42. The van der Waals surface area contributed by atoms with Crippen LogP contribution >= 0.6 is 0 Å². The number of ether oxygens (including phenoxy) is 2. The van der Waals surface area contributed by atoms with Crippen molar-refractivity contribution in [3.05, 3.63) is 89.6 Å². The number of nitriles is 1. The van der Waals surface area contributed by atoms with Gasteiger partial charge in [0.15, 0.2) is 0 Å². The van der Waals surface area contributed by atoms with E-state index < -0.39 is 6.09 Å². The molecular formula is C37H41N7O3. The van der Waals surface area contributed by atoms with Crippen molar-refractivity contribution in [2.75, 3.05) is 56.2 Å². The zero-order valence-corrected chi connectivity index (χ0v) is 26.9. The Morgan fingerprint density at radius 1 is 0.936 bits per heavy atom. The SMILES string of the molecule is CN1CCCC1COc1nc2c(c(N3CCN(C(=O)OCc4ccccc4)C(CC#N)C3)n1)CCN(c1cccc3ccccc13)C2. The summed E-state index contributed by atoms with van der Waals surface area (Å²) in [4.78, 5) is 31.9. The van der Waals surface area contributed by atoms with Crippen molar-refractivity contribution in [1.82, 2.24) is 19.8 Å². The van der Waals surface area contributed by atoms with Crippen LogP contribution in [0.2, 0.25) is 0 Å². The lowest BCUT2D eigenvalue weighted by Crippen LogP contribution is -2.55. The van der Waals surface area contributed by atoms with Crippen LogP contribution in [0.25, 0.3) is 10.8 Å². The number of carbonyl (C=O) groups is 1. The normalized spacial score (nSPS) is 19.8. The number of amides is 1. The summed E-state index contributed by atoms with van der Waals surface area (Å²) in [5, 5.41) is 12.2. The van der Waals surface area contributed by atoms with Crippen molar-refractivity contribution in [1.29, 1.82) is 5.26 Å². The van der Waals surface area contributed by atoms with Gasteiger partial charge >= 0.3 is 12.1 Å². The Bertz CT molecular complexity index is 1760. The highest BCUT2D eigenvalue weighted by Crippen LogP contribution is 2.35. The third-order valence-corrected chi connectivity index (χ3v) is 9.76. The van der Waals surface area contributed by atoms with Gasteiger partial charge in [-0.15, -0.1) is 0 Å². The number of carbonyl (C=O) groups excluding carboxylic acids is 1. The molecule has 1 amide bonds. The molecule has 2 unspecified atom stereocenters. The lowest BCUT2D eigenvalue weighted by atomic mass is 10.0. The van der Waals surface area contributed by atoms with Crippen LogP contribution < -0.4 is 14.5 Å². The van der Waals surface area contributed by atoms with E-state index in [1.807, 2.05) is 30.3 Å². The fraction of sp³-hybridized carbons (Fsp3) is 0.405. The van der Waals surface area contributed by atoms with Gasteiger partial charge in [-0.05, 0) is 49.9 Å². The molecule has 3 aromatic carbocycles. The molecule has 4 aromatic rings. The van der Waals surface area contributed by atoms with Crippen LogP contribution in [-0.2, 0) is 24.3 Å². The molecule has 242 valence electrons. The number of anilines is 2. The highest BCUT2D eigenvalue weighted by atomic mass is 16.6. The molecule has 7 rings (SSSR count). The number of piperazine rings is 1. The number of nitrogens with zero attached hydrogens (tertiary/aromatic N) is 7. The summed E-state index contributed by atoms with van der Waals surface area (Å²) in [6.07, 6.45) is 2.85. The first-order chi connectivity index (χ1) is 23.1. The van der Waals surface area contributed by atoms with Gasteiger partial charge in [0.2, 0.25) is 0 Å². The first kappa shape index (κ1) is 30.8. The molecule has 3 aliphatic heterocycles. The largest absolute Gasteiger partial charge is 0.462 e. The third-order valence-electron chi connectivity index (χ3n) is 9.76. The fourth-order valence-electron chi connectivity index (χ4n) is 7.14. The first-order valence-corrected chi connectivity index (χ1v) is 16.6. The van der Waals surface area contributed by atoms with Gasteiger partial charge in [-0.3, -0.25) is 0 Å². The molecule has 4 heterocycles. The second kappa shape index (κ2) is 13.9. The summed E-state index contributed by atoms with van der Waals surface area (Å²) in [6.45, 7) is 4.78. The zero-order valence-electron chi connectivity index (χ0n) is 26.9. The van der Waals surface area contributed by atoms with Gasteiger partial charge in [-0.2, -0.15) is 15.2 Å². The molecule has 47 heavy (non-hydrogen) atoms. The number of likely N-dealkylation sites (N-methyl/N-ethyl adjacent to an activating group) is 1. The average Bonchev–Trinajstić information content (AvgIpc) is 3.53. The van der Waals surface area contributed by atoms with E-state index in [0.29, 0.717) is 44.8 Å². The predicted molar refractivity (Wildman–Crippen MR) is 181 cm³/mol. The number of fused-ring (bicyclic) bond motifs is 2. The highest BCUT2D eigenvalue weighted by Gasteiger charge is 2.35. The predicted octanol–water partition coefficient (Wildman–Crippen LogP) is 5.41. The third kappa shape index (κ3) is 6.67. The molecule has 1 aromatic heterocycles. The Morgan fingerprint density at radius 2 is 1.77 bits per heavy atom. The van der Waals surface area contributed by atoms with Crippen molar-refractivity contribution in [2.24, 2.45) is 0 Å². The molecule has 0 N–H and O–H groups in total. The number of hydrogen-bond donors (Lipinski definition) is 0. The van der Waals surface area contributed by atoms with E-state index in [1.54, 1.807) is 4.90 Å². The number of benzene rings is 3. The van der Waals surface area contributed by atoms with E-state index in [4.69, 9.17) is 19.4 Å². The van der Waals surface area contributed by atoms with E-state index in [2.05, 4.69) is 70.3 Å². The molecule has 0 radical (unpaired) electrons. The molecule has 2 fully saturated rings. The van der Waals surface area contributed by atoms with Crippen LogP contribution in [0.15, 0.2) is 72.8 Å². The van der Waals surface area contributed by atoms with Gasteiger partial charge in [0.25, 0.3) is 0 Å². The van der Waals surface area contributed by atoms with Crippen LogP contribution in [0.1, 0.15) is 36.1 Å². The molecule has 10 heteroatoms. The van der Waals surface area contributed by atoms with E-state index in [9.17, 15) is 10.1 Å². The maximum absolute atomic E-state index is 13.2. The molecule has 3 aliphatic rings. The number of aromatic nitrogens is 2. The Morgan fingerprint density at radius 3 is 2.60 bits per heavy atom. The Labute approximate surface area is 276 Å². The quantitative estimate of drug-likeness (QED) is 0.253. The molecule has 2 atom stereocenters. The van der Waals surface area contributed by atoms with Gasteiger partial charge in [0, 0.05) is 48.9 Å². The van der Waals surface area contributed by atoms with Crippen LogP contribution in [-0.4, -0.2) is 84.3 Å². The minimum absolute atomic E-state index is 0.197. The van der Waals surface area contributed by atoms with Gasteiger partial charge in [0.1, 0.15) is 19.0 Å². The van der Waals surface area contributed by atoms with Gasteiger partial charge in [-0.25, -0.2) is 4.79 Å². The molecule has 0 spiro atoms. The Balaban J connectivity index is 1.15. The molecular weight excluding hydrogens is 590 g/mol. The Hall–Kier alpha value is -4.88. The van der Waals surface area contributed by atoms with Crippen molar-refractivity contribution >= 4 is 28.4 Å². The maximum Gasteiger partial charge on any atom is 0.410 e. The Kier molecular flexibility index (Phi) is 9.07. The van der Waals surface area contributed by atoms with Crippen LogP contribution in [0.5, 0.6) is 6.01 Å². The van der Waals surface area contributed by atoms with Crippen molar-refractivity contribution in [3.8, 4) is 12.1 Å². The van der Waals surface area contributed by atoms with Crippen molar-refractivity contribution < 1.29 is 14.3 Å². The first-order valence-electron chi connectivity index (χ1n) is 16.6. The van der Waals surface area contributed by atoms with E-state index in [0.717, 1.165) is 48.6 Å². The summed E-state index contributed by atoms with van der Waals surface area (Å²) in [5.41, 5.74) is 4.20. The van der Waals surface area contributed by atoms with Gasteiger partial charge in [-0.1, -0.05) is 66.7 Å². The van der Waals surface area contributed by atoms with Gasteiger partial charge < -0.3 is 29.1 Å². The topological polar surface area (TPSA) is 98.1 Å².